The number of hydrogen-bond acceptors (Lipinski definition) is 2. The van der Waals surface area contributed by atoms with Crippen molar-refractivity contribution in [2.75, 3.05) is 0 Å². The molecule has 4 fully saturated rings. The van der Waals surface area contributed by atoms with Gasteiger partial charge in [-0.05, 0) is 98.2 Å². The van der Waals surface area contributed by atoms with E-state index < -0.39 is 30.9 Å². The third-order valence-corrected chi connectivity index (χ3v) is 11.2. The molecule has 0 aromatic carbocycles. The van der Waals surface area contributed by atoms with Gasteiger partial charge in [0, 0.05) is 12.3 Å². The molecule has 9 atom stereocenters. The fourth-order valence-corrected chi connectivity index (χ4v) is 9.23. The van der Waals surface area contributed by atoms with Crippen LogP contribution in [-0.2, 0) is 4.79 Å². The van der Waals surface area contributed by atoms with Crippen molar-refractivity contribution in [1.29, 1.82) is 0 Å². The lowest BCUT2D eigenvalue weighted by atomic mass is 9.44. The average molecular weight is 529 g/mol. The topological polar surface area (TPSA) is 37.3 Å². The zero-order valence-corrected chi connectivity index (χ0v) is 21.3. The Morgan fingerprint density at radius 2 is 1.56 bits per heavy atom. The Morgan fingerprint density at radius 1 is 0.944 bits per heavy atom. The normalized spacial score (nSPS) is 42.5. The van der Waals surface area contributed by atoms with E-state index in [0.717, 1.165) is 44.9 Å². The molecule has 9 heteroatoms. The second-order valence-corrected chi connectivity index (χ2v) is 12.9. The molecule has 0 aromatic heterocycles. The van der Waals surface area contributed by atoms with Crippen LogP contribution >= 0.6 is 0 Å². The number of ketones is 1. The molecule has 0 amide bonds. The molecule has 0 bridgehead atoms. The molecule has 208 valence electrons. The summed E-state index contributed by atoms with van der Waals surface area (Å²) in [4.78, 5) is 13.4. The fraction of sp³-hybridized carbons (Fsp3) is 0.963. The maximum Gasteiger partial charge on any atom is 0.431 e. The summed E-state index contributed by atoms with van der Waals surface area (Å²) in [5.41, 5.74) is -5.46. The second-order valence-electron chi connectivity index (χ2n) is 12.9. The van der Waals surface area contributed by atoms with E-state index in [-0.39, 0.29) is 52.8 Å². The summed E-state index contributed by atoms with van der Waals surface area (Å²) in [6, 6.07) is 0. The summed E-state index contributed by atoms with van der Waals surface area (Å²) < 4.78 is 91.7. The highest BCUT2D eigenvalue weighted by molar-refractivity contribution is 5.85. The SMILES string of the molecule is C[C@H](CCCC(F)(C(F)(F)F)C(F)(F)F)[C@H]1CC(=O)[C@H]2[C@@H]3CCC4CC(O)CC[C@]4(C)[C@H]3CC[C@]12C. The van der Waals surface area contributed by atoms with Crippen LogP contribution in [0.5, 0.6) is 0 Å². The van der Waals surface area contributed by atoms with Crippen molar-refractivity contribution < 1.29 is 40.6 Å². The number of carbonyl (C=O) groups excluding carboxylic acids is 1. The van der Waals surface area contributed by atoms with Crippen molar-refractivity contribution in [3.63, 3.8) is 0 Å². The minimum atomic E-state index is -6.02. The highest BCUT2D eigenvalue weighted by Gasteiger charge is 2.72. The first-order chi connectivity index (χ1) is 16.5. The van der Waals surface area contributed by atoms with E-state index in [1.165, 1.54) is 0 Å². The molecule has 4 saturated carbocycles. The molecule has 0 aromatic rings. The van der Waals surface area contributed by atoms with E-state index in [1.54, 1.807) is 6.92 Å². The van der Waals surface area contributed by atoms with Gasteiger partial charge in [0.25, 0.3) is 5.67 Å². The van der Waals surface area contributed by atoms with Crippen molar-refractivity contribution in [2.24, 2.45) is 46.3 Å². The van der Waals surface area contributed by atoms with Crippen LogP contribution in [0.25, 0.3) is 0 Å². The van der Waals surface area contributed by atoms with Gasteiger partial charge in [-0.15, -0.1) is 0 Å². The van der Waals surface area contributed by atoms with Gasteiger partial charge in [0.15, 0.2) is 0 Å². The number of carbonyl (C=O) groups is 1. The van der Waals surface area contributed by atoms with Gasteiger partial charge in [0.1, 0.15) is 5.78 Å². The molecular formula is C27H39F7O2. The molecule has 0 saturated heterocycles. The van der Waals surface area contributed by atoms with Gasteiger partial charge in [-0.2, -0.15) is 26.3 Å². The fourth-order valence-electron chi connectivity index (χ4n) is 9.23. The van der Waals surface area contributed by atoms with Crippen LogP contribution in [-0.4, -0.2) is 35.0 Å². The number of aliphatic hydroxyl groups excluding tert-OH is 1. The van der Waals surface area contributed by atoms with E-state index in [1.807, 2.05) is 0 Å². The Labute approximate surface area is 208 Å². The van der Waals surface area contributed by atoms with Crippen LogP contribution < -0.4 is 0 Å². The van der Waals surface area contributed by atoms with Crippen molar-refractivity contribution >= 4 is 5.78 Å². The number of Topliss-reactive ketones (excluding diaryl/α,β-unsaturated/α-hetero) is 1. The van der Waals surface area contributed by atoms with E-state index in [9.17, 15) is 40.6 Å². The molecule has 1 N–H and O–H groups in total. The summed E-state index contributed by atoms with van der Waals surface area (Å²) >= 11 is 0. The van der Waals surface area contributed by atoms with Crippen LogP contribution in [0.2, 0.25) is 0 Å². The van der Waals surface area contributed by atoms with Crippen LogP contribution in [0.4, 0.5) is 30.7 Å². The van der Waals surface area contributed by atoms with E-state index in [2.05, 4.69) is 13.8 Å². The lowest BCUT2D eigenvalue weighted by Gasteiger charge is -2.60. The van der Waals surface area contributed by atoms with Crippen LogP contribution in [0.3, 0.4) is 0 Å². The lowest BCUT2D eigenvalue weighted by Crippen LogP contribution is -2.55. The Morgan fingerprint density at radius 3 is 2.17 bits per heavy atom. The number of hydrogen-bond donors (Lipinski definition) is 1. The van der Waals surface area contributed by atoms with Gasteiger partial charge in [0.2, 0.25) is 0 Å². The van der Waals surface area contributed by atoms with E-state index in [0.29, 0.717) is 18.3 Å². The number of aliphatic hydroxyl groups is 1. The standard InChI is InChI=1S/C27H39F7O2/c1-15(5-4-10-25(28,26(29,30)31)27(32,33)34)20-14-21(36)22-18-7-6-16-13-17(35)8-11-23(16,2)19(18)9-12-24(20,22)3/h15-20,22,35H,4-14H2,1-3H3/t15-,16?,17?,18-,19+,20-,22-,23+,24-/m1/s1. The molecule has 0 aliphatic heterocycles. The van der Waals surface area contributed by atoms with Crippen LogP contribution in [0.15, 0.2) is 0 Å². The van der Waals surface area contributed by atoms with Crippen molar-refractivity contribution in [1.82, 2.24) is 0 Å². The second kappa shape index (κ2) is 9.11. The minimum Gasteiger partial charge on any atom is -0.393 e. The summed E-state index contributed by atoms with van der Waals surface area (Å²) in [5.74, 6) is 0.709. The Hall–Kier alpha value is -0.860. The number of alkyl halides is 7. The van der Waals surface area contributed by atoms with Gasteiger partial charge in [-0.1, -0.05) is 27.2 Å². The predicted molar refractivity (Wildman–Crippen MR) is 121 cm³/mol. The van der Waals surface area contributed by atoms with E-state index >= 15 is 0 Å². The lowest BCUT2D eigenvalue weighted by molar-refractivity contribution is -0.343. The maximum absolute atomic E-state index is 14.1. The Kier molecular flexibility index (Phi) is 7.13. The zero-order chi connectivity index (χ0) is 26.9. The molecule has 2 nitrogen and oxygen atoms in total. The van der Waals surface area contributed by atoms with Gasteiger partial charge in [0.05, 0.1) is 6.10 Å². The smallest absolute Gasteiger partial charge is 0.393 e. The molecule has 0 radical (unpaired) electrons. The molecule has 0 heterocycles. The predicted octanol–water partition coefficient (Wildman–Crippen LogP) is 7.82. The molecular weight excluding hydrogens is 489 g/mol. The summed E-state index contributed by atoms with van der Waals surface area (Å²) in [5, 5.41) is 10.2. The molecule has 4 aliphatic rings. The molecule has 0 spiro atoms. The number of rotatable bonds is 5. The van der Waals surface area contributed by atoms with Gasteiger partial charge >= 0.3 is 12.4 Å². The van der Waals surface area contributed by atoms with Gasteiger partial charge < -0.3 is 5.11 Å². The van der Waals surface area contributed by atoms with Crippen molar-refractivity contribution in [2.45, 2.75) is 116 Å². The zero-order valence-electron chi connectivity index (χ0n) is 21.3. The Balaban J connectivity index is 1.46. The molecule has 36 heavy (non-hydrogen) atoms. The summed E-state index contributed by atoms with van der Waals surface area (Å²) in [6.45, 7) is 6.19. The first kappa shape index (κ1) is 28.2. The molecule has 4 aliphatic carbocycles. The Bertz CT molecular complexity index is 825. The average Bonchev–Trinajstić information content (AvgIpc) is 3.03. The maximum atomic E-state index is 14.1. The number of halogens is 7. The highest BCUT2D eigenvalue weighted by atomic mass is 19.4. The monoisotopic (exact) mass is 528 g/mol. The van der Waals surface area contributed by atoms with Gasteiger partial charge in [-0.25, -0.2) is 4.39 Å². The first-order valence-electron chi connectivity index (χ1n) is 13.5. The van der Waals surface area contributed by atoms with Crippen LogP contribution in [0.1, 0.15) is 91.4 Å². The van der Waals surface area contributed by atoms with Gasteiger partial charge in [-0.3, -0.25) is 4.79 Å². The first-order valence-corrected chi connectivity index (χ1v) is 13.5. The third kappa shape index (κ3) is 4.31. The highest BCUT2D eigenvalue weighted by Crippen LogP contribution is 2.67. The van der Waals surface area contributed by atoms with Crippen molar-refractivity contribution in [3.8, 4) is 0 Å². The minimum absolute atomic E-state index is 0.0177. The summed E-state index contributed by atoms with van der Waals surface area (Å²) in [7, 11) is 0. The quantitative estimate of drug-likeness (QED) is 0.370. The van der Waals surface area contributed by atoms with Crippen LogP contribution in [0, 0.1) is 46.3 Å². The van der Waals surface area contributed by atoms with E-state index in [4.69, 9.17) is 0 Å². The molecule has 2 unspecified atom stereocenters. The molecule has 4 rings (SSSR count). The number of fused-ring (bicyclic) bond motifs is 5. The largest absolute Gasteiger partial charge is 0.431 e. The third-order valence-electron chi connectivity index (χ3n) is 11.2. The summed E-state index contributed by atoms with van der Waals surface area (Å²) in [6.07, 6.45) is -7.99. The van der Waals surface area contributed by atoms with Crippen molar-refractivity contribution in [3.05, 3.63) is 0 Å².